The van der Waals surface area contributed by atoms with Crippen LogP contribution in [0.2, 0.25) is 0 Å². The molecule has 1 amide bonds. The molecule has 0 fully saturated rings. The lowest BCUT2D eigenvalue weighted by Crippen LogP contribution is -2.46. The average molecular weight is 375 g/mol. The van der Waals surface area contributed by atoms with E-state index in [0.717, 1.165) is 42.1 Å². The van der Waals surface area contributed by atoms with Gasteiger partial charge in [-0.2, -0.15) is 11.8 Å². The molecule has 0 radical (unpaired) electrons. The van der Waals surface area contributed by atoms with Crippen LogP contribution in [0.1, 0.15) is 38.1 Å². The van der Waals surface area contributed by atoms with E-state index in [4.69, 9.17) is 0 Å². The van der Waals surface area contributed by atoms with E-state index >= 15 is 0 Å². The van der Waals surface area contributed by atoms with Crippen molar-refractivity contribution < 1.29 is 4.79 Å². The van der Waals surface area contributed by atoms with Crippen LogP contribution in [0, 0.1) is 0 Å². The molecule has 0 aliphatic rings. The van der Waals surface area contributed by atoms with Gasteiger partial charge in [-0.3, -0.25) is 4.79 Å². The molecule has 0 aliphatic carbocycles. The fourth-order valence-electron chi connectivity index (χ4n) is 3.03. The van der Waals surface area contributed by atoms with Gasteiger partial charge in [0.2, 0.25) is 5.91 Å². The number of H-pyrrole nitrogens is 1. The Bertz CT molecular complexity index is 673. The lowest BCUT2D eigenvalue weighted by Gasteiger charge is -2.30. The zero-order valence-electron chi connectivity index (χ0n) is 16.2. The zero-order chi connectivity index (χ0) is 18.9. The van der Waals surface area contributed by atoms with Gasteiger partial charge in [0.15, 0.2) is 0 Å². The number of amides is 1. The second-order valence-corrected chi connectivity index (χ2v) is 7.36. The van der Waals surface area contributed by atoms with Crippen LogP contribution in [-0.2, 0) is 4.79 Å². The topological polar surface area (TPSA) is 61.0 Å². The molecule has 0 saturated carbocycles. The molecule has 0 bridgehead atoms. The van der Waals surface area contributed by atoms with E-state index in [1.165, 1.54) is 0 Å². The van der Waals surface area contributed by atoms with Gasteiger partial charge in [0.1, 0.15) is 5.82 Å². The van der Waals surface area contributed by atoms with Gasteiger partial charge in [0.05, 0.1) is 24.0 Å². The number of imidazole rings is 1. The molecular weight excluding hydrogens is 344 g/mol. The molecule has 1 aromatic carbocycles. The highest BCUT2D eigenvalue weighted by Gasteiger charge is 2.28. The van der Waals surface area contributed by atoms with E-state index in [1.807, 2.05) is 49.6 Å². The van der Waals surface area contributed by atoms with Crippen molar-refractivity contribution in [3.63, 3.8) is 0 Å². The standard InChI is InChI=1S/C20H30N4OS/c1-5-6-12-18(24(3)20(25)17(21-2)14-26-4)19-22-13-16(23-19)15-10-8-7-9-11-15/h7-11,13,17-18,21H,5-6,12,14H2,1-4H3,(H,22,23). The first-order valence-corrected chi connectivity index (χ1v) is 10.5. The maximum Gasteiger partial charge on any atom is 0.240 e. The van der Waals surface area contributed by atoms with Crippen LogP contribution in [0.15, 0.2) is 36.5 Å². The first-order chi connectivity index (χ1) is 12.6. The second-order valence-electron chi connectivity index (χ2n) is 6.45. The number of hydrogen-bond acceptors (Lipinski definition) is 4. The Labute approximate surface area is 161 Å². The Hall–Kier alpha value is -1.79. The minimum absolute atomic E-state index is 0.0439. The highest BCUT2D eigenvalue weighted by Crippen LogP contribution is 2.26. The summed E-state index contributed by atoms with van der Waals surface area (Å²) in [6, 6.07) is 9.92. The Balaban J connectivity index is 2.24. The van der Waals surface area contributed by atoms with Gasteiger partial charge >= 0.3 is 0 Å². The van der Waals surface area contributed by atoms with Crippen molar-refractivity contribution in [2.45, 2.75) is 38.3 Å². The largest absolute Gasteiger partial charge is 0.340 e. The fourth-order valence-corrected chi connectivity index (χ4v) is 3.67. The number of unbranched alkanes of at least 4 members (excludes halogenated alkanes) is 1. The van der Waals surface area contributed by atoms with E-state index in [-0.39, 0.29) is 18.0 Å². The number of thioether (sulfide) groups is 1. The Kier molecular flexibility index (Phi) is 8.19. The van der Waals surface area contributed by atoms with Crippen molar-refractivity contribution in [2.24, 2.45) is 0 Å². The minimum atomic E-state index is -0.178. The second kappa shape index (κ2) is 10.4. The van der Waals surface area contributed by atoms with Crippen LogP contribution in [0.25, 0.3) is 11.3 Å². The maximum absolute atomic E-state index is 12.9. The van der Waals surface area contributed by atoms with E-state index in [0.29, 0.717) is 0 Å². The number of aromatic amines is 1. The number of likely N-dealkylation sites (N-methyl/N-ethyl adjacent to an activating group) is 2. The summed E-state index contributed by atoms with van der Waals surface area (Å²) in [6.45, 7) is 2.17. The number of carbonyl (C=O) groups is 1. The molecule has 2 aromatic rings. The quantitative estimate of drug-likeness (QED) is 0.665. The highest BCUT2D eigenvalue weighted by molar-refractivity contribution is 7.98. The molecule has 6 heteroatoms. The molecule has 26 heavy (non-hydrogen) atoms. The summed E-state index contributed by atoms with van der Waals surface area (Å²) in [4.78, 5) is 22.8. The molecule has 0 saturated heterocycles. The van der Waals surface area contributed by atoms with Gasteiger partial charge in [0.25, 0.3) is 0 Å². The molecule has 0 aliphatic heterocycles. The molecule has 5 nitrogen and oxygen atoms in total. The van der Waals surface area contributed by atoms with E-state index in [1.54, 1.807) is 11.8 Å². The smallest absolute Gasteiger partial charge is 0.240 e. The summed E-state index contributed by atoms with van der Waals surface area (Å²) < 4.78 is 0. The minimum Gasteiger partial charge on any atom is -0.340 e. The summed E-state index contributed by atoms with van der Waals surface area (Å²) in [5.74, 6) is 1.72. The lowest BCUT2D eigenvalue weighted by atomic mass is 10.1. The molecule has 1 aromatic heterocycles. The lowest BCUT2D eigenvalue weighted by molar-refractivity contribution is -0.134. The Morgan fingerprint density at radius 1 is 1.35 bits per heavy atom. The molecule has 2 unspecified atom stereocenters. The monoisotopic (exact) mass is 374 g/mol. The predicted octanol–water partition coefficient (Wildman–Crippen LogP) is 3.72. The first kappa shape index (κ1) is 20.5. The van der Waals surface area contributed by atoms with Gasteiger partial charge in [-0.05, 0) is 25.3 Å². The predicted molar refractivity (Wildman–Crippen MR) is 110 cm³/mol. The van der Waals surface area contributed by atoms with Gasteiger partial charge in [-0.15, -0.1) is 0 Å². The van der Waals surface area contributed by atoms with Crippen molar-refractivity contribution in [2.75, 3.05) is 26.1 Å². The normalized spacial score (nSPS) is 13.4. The Morgan fingerprint density at radius 2 is 2.08 bits per heavy atom. The van der Waals surface area contributed by atoms with Crippen LogP contribution in [0.4, 0.5) is 0 Å². The van der Waals surface area contributed by atoms with E-state index < -0.39 is 0 Å². The molecule has 2 atom stereocenters. The maximum atomic E-state index is 12.9. The number of benzene rings is 1. The van der Waals surface area contributed by atoms with Crippen LogP contribution in [0.5, 0.6) is 0 Å². The van der Waals surface area contributed by atoms with Crippen molar-refractivity contribution in [3.8, 4) is 11.3 Å². The van der Waals surface area contributed by atoms with Crippen LogP contribution < -0.4 is 5.32 Å². The molecule has 0 spiro atoms. The fraction of sp³-hybridized carbons (Fsp3) is 0.500. The third-order valence-corrected chi connectivity index (χ3v) is 5.29. The summed E-state index contributed by atoms with van der Waals surface area (Å²) in [5.41, 5.74) is 2.09. The highest BCUT2D eigenvalue weighted by atomic mass is 32.2. The third-order valence-electron chi connectivity index (χ3n) is 4.62. The number of aromatic nitrogens is 2. The third kappa shape index (κ3) is 5.11. The molecular formula is C20H30N4OS. The van der Waals surface area contributed by atoms with Crippen LogP contribution in [0.3, 0.4) is 0 Å². The first-order valence-electron chi connectivity index (χ1n) is 9.15. The van der Waals surface area contributed by atoms with Crippen LogP contribution in [-0.4, -0.2) is 52.9 Å². The summed E-state index contributed by atoms with van der Waals surface area (Å²) in [5, 5.41) is 3.13. The average Bonchev–Trinajstić information content (AvgIpc) is 3.16. The zero-order valence-corrected chi connectivity index (χ0v) is 17.0. The number of hydrogen-bond donors (Lipinski definition) is 2. The van der Waals surface area contributed by atoms with Gasteiger partial charge in [-0.25, -0.2) is 4.98 Å². The number of carbonyl (C=O) groups excluding carboxylic acids is 1. The van der Waals surface area contributed by atoms with Crippen molar-refractivity contribution in [1.29, 1.82) is 0 Å². The van der Waals surface area contributed by atoms with Crippen LogP contribution >= 0.6 is 11.8 Å². The summed E-state index contributed by atoms with van der Waals surface area (Å²) >= 11 is 1.67. The number of nitrogens with one attached hydrogen (secondary N) is 2. The molecule has 2 N–H and O–H groups in total. The SMILES string of the molecule is CCCCC(c1ncc(-c2ccccc2)[nH]1)N(C)C(=O)C(CSC)NC. The van der Waals surface area contributed by atoms with Crippen molar-refractivity contribution in [1.82, 2.24) is 20.2 Å². The van der Waals surface area contributed by atoms with Crippen molar-refractivity contribution >= 4 is 17.7 Å². The molecule has 142 valence electrons. The van der Waals surface area contributed by atoms with Gasteiger partial charge in [0, 0.05) is 12.8 Å². The van der Waals surface area contributed by atoms with Crippen molar-refractivity contribution in [3.05, 3.63) is 42.4 Å². The van der Waals surface area contributed by atoms with E-state index in [9.17, 15) is 4.79 Å². The Morgan fingerprint density at radius 3 is 2.69 bits per heavy atom. The molecule has 1 heterocycles. The molecule has 2 rings (SSSR count). The van der Waals surface area contributed by atoms with Gasteiger partial charge < -0.3 is 15.2 Å². The number of nitrogens with zero attached hydrogens (tertiary/aromatic N) is 2. The number of rotatable bonds is 10. The summed E-state index contributed by atoms with van der Waals surface area (Å²) in [6.07, 6.45) is 6.92. The van der Waals surface area contributed by atoms with Gasteiger partial charge in [-0.1, -0.05) is 50.1 Å². The van der Waals surface area contributed by atoms with E-state index in [2.05, 4.69) is 34.3 Å². The summed E-state index contributed by atoms with van der Waals surface area (Å²) in [7, 11) is 3.73.